The van der Waals surface area contributed by atoms with E-state index in [4.69, 9.17) is 21.6 Å². The number of hydrogen-bond donors (Lipinski definition) is 1. The second-order valence-electron chi connectivity index (χ2n) is 5.11. The third kappa shape index (κ3) is 3.84. The first-order valence-electron chi connectivity index (χ1n) is 7.51. The Morgan fingerprint density at radius 1 is 1.24 bits per heavy atom. The summed E-state index contributed by atoms with van der Waals surface area (Å²) in [7, 11) is 0. The SMILES string of the molecule is C=CCNc1nc(OCc2ccccc2)c2cc(C#N)c(Cl)nc2n1. The molecule has 7 heteroatoms. The Morgan fingerprint density at radius 3 is 2.76 bits per heavy atom. The molecule has 1 N–H and O–H groups in total. The minimum atomic E-state index is 0.0948. The summed E-state index contributed by atoms with van der Waals surface area (Å²) < 4.78 is 5.86. The van der Waals surface area contributed by atoms with Gasteiger partial charge in [-0.1, -0.05) is 48.0 Å². The van der Waals surface area contributed by atoms with Crippen molar-refractivity contribution >= 4 is 28.6 Å². The van der Waals surface area contributed by atoms with Crippen molar-refractivity contribution in [1.29, 1.82) is 5.26 Å². The van der Waals surface area contributed by atoms with E-state index in [1.54, 1.807) is 12.1 Å². The van der Waals surface area contributed by atoms with Gasteiger partial charge in [0.05, 0.1) is 10.9 Å². The van der Waals surface area contributed by atoms with Crippen LogP contribution < -0.4 is 10.1 Å². The van der Waals surface area contributed by atoms with E-state index in [9.17, 15) is 0 Å². The standard InChI is InChI=1S/C18H14ClN5O/c1-2-8-21-18-23-16-14(9-13(10-20)15(19)22-16)17(24-18)25-11-12-6-4-3-5-7-12/h2-7,9H,1,8,11H2,(H,21,22,23,24). The molecule has 6 nitrogen and oxygen atoms in total. The monoisotopic (exact) mass is 351 g/mol. The van der Waals surface area contributed by atoms with Crippen molar-refractivity contribution in [1.82, 2.24) is 15.0 Å². The highest BCUT2D eigenvalue weighted by Gasteiger charge is 2.14. The van der Waals surface area contributed by atoms with Crippen LogP contribution in [0.4, 0.5) is 5.95 Å². The summed E-state index contributed by atoms with van der Waals surface area (Å²) in [4.78, 5) is 12.9. The van der Waals surface area contributed by atoms with Crippen molar-refractivity contribution in [2.24, 2.45) is 0 Å². The van der Waals surface area contributed by atoms with Gasteiger partial charge in [0.25, 0.3) is 0 Å². The molecular weight excluding hydrogens is 338 g/mol. The first-order chi connectivity index (χ1) is 12.2. The lowest BCUT2D eigenvalue weighted by atomic mass is 10.2. The Balaban J connectivity index is 2.02. The molecule has 0 radical (unpaired) electrons. The maximum absolute atomic E-state index is 9.17. The molecule has 0 amide bonds. The minimum absolute atomic E-state index is 0.0948. The number of hydrogen-bond acceptors (Lipinski definition) is 6. The lowest BCUT2D eigenvalue weighted by Crippen LogP contribution is -2.07. The predicted octanol–water partition coefficient (Wildman–Crippen LogP) is 3.73. The summed E-state index contributed by atoms with van der Waals surface area (Å²) >= 11 is 6.01. The van der Waals surface area contributed by atoms with Crippen molar-refractivity contribution in [2.45, 2.75) is 6.61 Å². The highest BCUT2D eigenvalue weighted by atomic mass is 35.5. The fourth-order valence-electron chi connectivity index (χ4n) is 2.16. The minimum Gasteiger partial charge on any atom is -0.472 e. The van der Waals surface area contributed by atoms with E-state index in [0.29, 0.717) is 36.0 Å². The quantitative estimate of drug-likeness (QED) is 0.538. The van der Waals surface area contributed by atoms with E-state index in [1.807, 2.05) is 36.4 Å². The van der Waals surface area contributed by atoms with Gasteiger partial charge in [-0.3, -0.25) is 0 Å². The van der Waals surface area contributed by atoms with Crippen molar-refractivity contribution < 1.29 is 4.74 Å². The molecule has 0 spiro atoms. The van der Waals surface area contributed by atoms with E-state index in [-0.39, 0.29) is 10.7 Å². The van der Waals surface area contributed by atoms with Gasteiger partial charge in [0.15, 0.2) is 5.65 Å². The molecule has 0 bridgehead atoms. The number of fused-ring (bicyclic) bond motifs is 1. The first-order valence-corrected chi connectivity index (χ1v) is 7.89. The highest BCUT2D eigenvalue weighted by Crippen LogP contribution is 2.27. The largest absolute Gasteiger partial charge is 0.472 e. The summed E-state index contributed by atoms with van der Waals surface area (Å²) in [6.45, 7) is 4.48. The average Bonchev–Trinajstić information content (AvgIpc) is 2.64. The number of halogens is 1. The molecule has 0 aliphatic heterocycles. The summed E-state index contributed by atoms with van der Waals surface area (Å²) in [6, 6.07) is 13.3. The average molecular weight is 352 g/mol. The van der Waals surface area contributed by atoms with E-state index < -0.39 is 0 Å². The van der Waals surface area contributed by atoms with Crippen molar-refractivity contribution in [3.8, 4) is 11.9 Å². The van der Waals surface area contributed by atoms with Gasteiger partial charge < -0.3 is 10.1 Å². The van der Waals surface area contributed by atoms with Gasteiger partial charge in [0.2, 0.25) is 11.8 Å². The molecule has 0 atom stereocenters. The van der Waals surface area contributed by atoms with Gasteiger partial charge in [-0.05, 0) is 11.6 Å². The van der Waals surface area contributed by atoms with Crippen LogP contribution in [0.3, 0.4) is 0 Å². The van der Waals surface area contributed by atoms with E-state index in [2.05, 4.69) is 26.8 Å². The topological polar surface area (TPSA) is 83.7 Å². The summed E-state index contributed by atoms with van der Waals surface area (Å²) in [5.41, 5.74) is 1.60. The van der Waals surface area contributed by atoms with Crippen LogP contribution >= 0.6 is 11.6 Å². The fraction of sp³-hybridized carbons (Fsp3) is 0.111. The van der Waals surface area contributed by atoms with Crippen LogP contribution in [0.5, 0.6) is 5.88 Å². The number of nitrogens with zero attached hydrogens (tertiary/aromatic N) is 4. The van der Waals surface area contributed by atoms with Crippen molar-refractivity contribution in [3.05, 3.63) is 65.3 Å². The lowest BCUT2D eigenvalue weighted by Gasteiger charge is -2.11. The zero-order valence-electron chi connectivity index (χ0n) is 13.2. The van der Waals surface area contributed by atoms with E-state index in [1.165, 1.54) is 0 Å². The van der Waals surface area contributed by atoms with Crippen LogP contribution in [0.2, 0.25) is 5.15 Å². The molecule has 2 aromatic heterocycles. The third-order valence-electron chi connectivity index (χ3n) is 3.35. The molecule has 0 saturated carbocycles. The van der Waals surface area contributed by atoms with Gasteiger partial charge in [-0.25, -0.2) is 4.98 Å². The molecule has 2 heterocycles. The number of anilines is 1. The molecule has 0 aliphatic carbocycles. The Labute approximate surface area is 149 Å². The molecule has 3 aromatic rings. The highest BCUT2D eigenvalue weighted by molar-refractivity contribution is 6.31. The predicted molar refractivity (Wildman–Crippen MR) is 96.5 cm³/mol. The molecule has 0 aliphatic rings. The number of nitriles is 1. The molecule has 0 saturated heterocycles. The Morgan fingerprint density at radius 2 is 2.04 bits per heavy atom. The number of rotatable bonds is 6. The maximum Gasteiger partial charge on any atom is 0.228 e. The normalized spacial score (nSPS) is 10.2. The van der Waals surface area contributed by atoms with E-state index in [0.717, 1.165) is 5.56 Å². The van der Waals surface area contributed by atoms with Crippen LogP contribution in [0.25, 0.3) is 11.0 Å². The van der Waals surface area contributed by atoms with Crippen LogP contribution in [0.1, 0.15) is 11.1 Å². The van der Waals surface area contributed by atoms with Crippen LogP contribution in [-0.2, 0) is 6.61 Å². The molecule has 124 valence electrons. The number of pyridine rings is 1. The van der Waals surface area contributed by atoms with Crippen molar-refractivity contribution in [2.75, 3.05) is 11.9 Å². The summed E-state index contributed by atoms with van der Waals surface area (Å²) in [5.74, 6) is 0.685. The molecule has 0 fully saturated rings. The van der Waals surface area contributed by atoms with Crippen LogP contribution in [0, 0.1) is 11.3 Å². The summed E-state index contributed by atoms with van der Waals surface area (Å²) in [5, 5.41) is 12.8. The van der Waals surface area contributed by atoms with Crippen LogP contribution in [-0.4, -0.2) is 21.5 Å². The molecule has 25 heavy (non-hydrogen) atoms. The van der Waals surface area contributed by atoms with Gasteiger partial charge in [0, 0.05) is 6.54 Å². The smallest absolute Gasteiger partial charge is 0.228 e. The van der Waals surface area contributed by atoms with Gasteiger partial charge in [-0.15, -0.1) is 6.58 Å². The van der Waals surface area contributed by atoms with Gasteiger partial charge in [-0.2, -0.15) is 15.2 Å². The van der Waals surface area contributed by atoms with Gasteiger partial charge in [0.1, 0.15) is 17.8 Å². The number of benzene rings is 1. The number of nitrogens with one attached hydrogen (secondary N) is 1. The zero-order valence-corrected chi connectivity index (χ0v) is 14.0. The van der Waals surface area contributed by atoms with Crippen molar-refractivity contribution in [3.63, 3.8) is 0 Å². The fourth-order valence-corrected chi connectivity index (χ4v) is 2.34. The first kappa shape index (κ1) is 16.7. The number of aromatic nitrogens is 3. The molecule has 0 unspecified atom stereocenters. The second-order valence-corrected chi connectivity index (χ2v) is 5.46. The van der Waals surface area contributed by atoms with Crippen LogP contribution in [0.15, 0.2) is 49.1 Å². The Bertz CT molecular complexity index is 953. The second kappa shape index (κ2) is 7.60. The van der Waals surface area contributed by atoms with E-state index >= 15 is 0 Å². The summed E-state index contributed by atoms with van der Waals surface area (Å²) in [6.07, 6.45) is 1.69. The Kier molecular flexibility index (Phi) is 5.07. The maximum atomic E-state index is 9.17. The lowest BCUT2D eigenvalue weighted by molar-refractivity contribution is 0.298. The zero-order chi connectivity index (χ0) is 17.6. The van der Waals surface area contributed by atoms with Gasteiger partial charge >= 0.3 is 0 Å². The molecular formula is C18H14ClN5O. The molecule has 3 rings (SSSR count). The Hall–Kier alpha value is -3.17. The molecule has 1 aromatic carbocycles. The number of ether oxygens (including phenoxy) is 1. The third-order valence-corrected chi connectivity index (χ3v) is 3.64.